The molecule has 1 fully saturated rings. The predicted molar refractivity (Wildman–Crippen MR) is 67.4 cm³/mol. The van der Waals surface area contributed by atoms with E-state index in [9.17, 15) is 0 Å². The molecule has 90 valence electrons. The zero-order chi connectivity index (χ0) is 11.9. The molecular weight excluding hydrogens is 212 g/mol. The molecule has 2 rings (SSSR count). The fraction of sp³-hybridized carbons (Fsp3) is 0.467. The second-order valence-electron chi connectivity index (χ2n) is 4.44. The Balaban J connectivity index is 1.72. The SMILES string of the molecule is OCC#Cc1ccc(COCCC2CC2)cc1. The molecule has 1 aromatic carbocycles. The first-order valence-electron chi connectivity index (χ1n) is 6.15. The van der Waals surface area contributed by atoms with Crippen LogP contribution in [-0.2, 0) is 11.3 Å². The summed E-state index contributed by atoms with van der Waals surface area (Å²) in [6.45, 7) is 1.46. The number of rotatable bonds is 5. The minimum Gasteiger partial charge on any atom is -0.384 e. The number of aliphatic hydroxyl groups is 1. The van der Waals surface area contributed by atoms with E-state index in [1.54, 1.807) is 0 Å². The third-order valence-corrected chi connectivity index (χ3v) is 2.90. The van der Waals surface area contributed by atoms with Crippen molar-refractivity contribution >= 4 is 0 Å². The van der Waals surface area contributed by atoms with Crippen LogP contribution >= 0.6 is 0 Å². The van der Waals surface area contributed by atoms with Crippen molar-refractivity contribution in [2.75, 3.05) is 13.2 Å². The lowest BCUT2D eigenvalue weighted by atomic mass is 10.1. The highest BCUT2D eigenvalue weighted by atomic mass is 16.5. The quantitative estimate of drug-likeness (QED) is 0.621. The zero-order valence-electron chi connectivity index (χ0n) is 9.98. The Bertz CT molecular complexity index is 393. The van der Waals surface area contributed by atoms with Crippen LogP contribution in [0.3, 0.4) is 0 Å². The van der Waals surface area contributed by atoms with Crippen LogP contribution in [0.5, 0.6) is 0 Å². The molecule has 0 amide bonds. The van der Waals surface area contributed by atoms with E-state index in [2.05, 4.69) is 11.8 Å². The van der Waals surface area contributed by atoms with E-state index in [1.165, 1.54) is 24.8 Å². The van der Waals surface area contributed by atoms with Crippen LogP contribution in [0, 0.1) is 17.8 Å². The van der Waals surface area contributed by atoms with E-state index in [0.717, 1.165) is 18.1 Å². The molecule has 1 aliphatic carbocycles. The van der Waals surface area contributed by atoms with Crippen LogP contribution in [-0.4, -0.2) is 18.3 Å². The lowest BCUT2D eigenvalue weighted by Gasteiger charge is -2.03. The van der Waals surface area contributed by atoms with E-state index in [1.807, 2.05) is 24.3 Å². The van der Waals surface area contributed by atoms with E-state index < -0.39 is 0 Å². The number of hydrogen-bond acceptors (Lipinski definition) is 2. The first-order chi connectivity index (χ1) is 8.38. The van der Waals surface area contributed by atoms with Gasteiger partial charge in [-0.15, -0.1) is 0 Å². The van der Waals surface area contributed by atoms with Crippen LogP contribution in [0.2, 0.25) is 0 Å². The maximum Gasteiger partial charge on any atom is 0.104 e. The molecule has 0 aliphatic heterocycles. The summed E-state index contributed by atoms with van der Waals surface area (Å²) in [6.07, 6.45) is 3.99. The molecular formula is C15H18O2. The molecule has 0 unspecified atom stereocenters. The van der Waals surface area contributed by atoms with Crippen molar-refractivity contribution in [3.8, 4) is 11.8 Å². The van der Waals surface area contributed by atoms with Crippen LogP contribution in [0.15, 0.2) is 24.3 Å². The van der Waals surface area contributed by atoms with Crippen molar-refractivity contribution in [2.45, 2.75) is 25.9 Å². The van der Waals surface area contributed by atoms with E-state index in [-0.39, 0.29) is 6.61 Å². The molecule has 0 saturated heterocycles. The smallest absolute Gasteiger partial charge is 0.104 e. The summed E-state index contributed by atoms with van der Waals surface area (Å²) in [4.78, 5) is 0. The van der Waals surface area contributed by atoms with Gasteiger partial charge in [0.2, 0.25) is 0 Å². The summed E-state index contributed by atoms with van der Waals surface area (Å²) < 4.78 is 5.62. The van der Waals surface area contributed by atoms with Crippen LogP contribution in [0.25, 0.3) is 0 Å². The Labute approximate surface area is 103 Å². The van der Waals surface area contributed by atoms with E-state index in [0.29, 0.717) is 6.61 Å². The Kier molecular flexibility index (Phi) is 4.61. The van der Waals surface area contributed by atoms with Crippen molar-refractivity contribution in [1.29, 1.82) is 0 Å². The molecule has 0 bridgehead atoms. The van der Waals surface area contributed by atoms with Crippen molar-refractivity contribution in [3.63, 3.8) is 0 Å². The molecule has 0 spiro atoms. The summed E-state index contributed by atoms with van der Waals surface area (Å²) >= 11 is 0. The lowest BCUT2D eigenvalue weighted by molar-refractivity contribution is 0.115. The maximum atomic E-state index is 8.58. The highest BCUT2D eigenvalue weighted by molar-refractivity contribution is 5.35. The minimum atomic E-state index is -0.0912. The third-order valence-electron chi connectivity index (χ3n) is 2.90. The standard InChI is InChI=1S/C15H18O2/c16-10-1-2-13-5-7-15(8-6-13)12-17-11-9-14-3-4-14/h5-8,14,16H,3-4,9-12H2. The van der Waals surface area contributed by atoms with Gasteiger partial charge in [-0.3, -0.25) is 0 Å². The highest BCUT2D eigenvalue weighted by Crippen LogP contribution is 2.32. The monoisotopic (exact) mass is 230 g/mol. The van der Waals surface area contributed by atoms with Crippen LogP contribution in [0.4, 0.5) is 0 Å². The molecule has 2 heteroatoms. The summed E-state index contributed by atoms with van der Waals surface area (Å²) in [5, 5.41) is 8.58. The summed E-state index contributed by atoms with van der Waals surface area (Å²) in [5.41, 5.74) is 2.11. The number of aliphatic hydroxyl groups excluding tert-OH is 1. The Morgan fingerprint density at radius 2 is 2.00 bits per heavy atom. The van der Waals surface area contributed by atoms with Gasteiger partial charge in [-0.2, -0.15) is 0 Å². The van der Waals surface area contributed by atoms with Gasteiger partial charge < -0.3 is 9.84 Å². The number of benzene rings is 1. The third kappa shape index (κ3) is 4.60. The van der Waals surface area contributed by atoms with E-state index in [4.69, 9.17) is 9.84 Å². The van der Waals surface area contributed by atoms with E-state index >= 15 is 0 Å². The molecule has 0 heterocycles. The average molecular weight is 230 g/mol. The zero-order valence-corrected chi connectivity index (χ0v) is 9.98. The molecule has 0 atom stereocenters. The number of ether oxygens (including phenoxy) is 1. The number of hydrogen-bond donors (Lipinski definition) is 1. The second-order valence-corrected chi connectivity index (χ2v) is 4.44. The molecule has 1 aromatic rings. The first-order valence-corrected chi connectivity index (χ1v) is 6.15. The molecule has 0 radical (unpaired) electrons. The highest BCUT2D eigenvalue weighted by Gasteiger charge is 2.20. The van der Waals surface area contributed by atoms with Crippen LogP contribution in [0.1, 0.15) is 30.4 Å². The summed E-state index contributed by atoms with van der Waals surface area (Å²) in [7, 11) is 0. The minimum absolute atomic E-state index is 0.0912. The van der Waals surface area contributed by atoms with Gasteiger partial charge in [0.05, 0.1) is 6.61 Å². The van der Waals surface area contributed by atoms with Gasteiger partial charge in [-0.25, -0.2) is 0 Å². The van der Waals surface area contributed by atoms with Gasteiger partial charge in [-0.05, 0) is 30.0 Å². The van der Waals surface area contributed by atoms with Crippen LogP contribution < -0.4 is 0 Å². The lowest BCUT2D eigenvalue weighted by Crippen LogP contribution is -1.96. The predicted octanol–water partition coefficient (Wildman–Crippen LogP) is 2.35. The van der Waals surface area contributed by atoms with Crippen molar-refractivity contribution in [3.05, 3.63) is 35.4 Å². The molecule has 1 N–H and O–H groups in total. The maximum absolute atomic E-state index is 8.58. The summed E-state index contributed by atoms with van der Waals surface area (Å²) in [6, 6.07) is 7.97. The van der Waals surface area contributed by atoms with Gasteiger partial charge in [0.25, 0.3) is 0 Å². The molecule has 1 saturated carbocycles. The summed E-state index contributed by atoms with van der Waals surface area (Å²) in [5.74, 6) is 6.44. The van der Waals surface area contributed by atoms with Gasteiger partial charge in [0.15, 0.2) is 0 Å². The van der Waals surface area contributed by atoms with Gasteiger partial charge >= 0.3 is 0 Å². The second kappa shape index (κ2) is 6.44. The van der Waals surface area contributed by atoms with Gasteiger partial charge in [-0.1, -0.05) is 36.8 Å². The average Bonchev–Trinajstić information content (AvgIpc) is 3.18. The fourth-order valence-corrected chi connectivity index (χ4v) is 1.67. The normalized spacial score (nSPS) is 14.2. The van der Waals surface area contributed by atoms with Crippen molar-refractivity contribution < 1.29 is 9.84 Å². The molecule has 2 nitrogen and oxygen atoms in total. The molecule has 1 aliphatic rings. The topological polar surface area (TPSA) is 29.5 Å². The van der Waals surface area contributed by atoms with Crippen molar-refractivity contribution in [2.24, 2.45) is 5.92 Å². The Morgan fingerprint density at radius 1 is 1.24 bits per heavy atom. The van der Waals surface area contributed by atoms with Gasteiger partial charge in [0, 0.05) is 12.2 Å². The van der Waals surface area contributed by atoms with Crippen molar-refractivity contribution in [1.82, 2.24) is 0 Å². The first kappa shape index (κ1) is 12.2. The molecule has 17 heavy (non-hydrogen) atoms. The largest absolute Gasteiger partial charge is 0.384 e. The fourth-order valence-electron chi connectivity index (χ4n) is 1.67. The Morgan fingerprint density at radius 3 is 2.65 bits per heavy atom. The molecule has 0 aromatic heterocycles. The van der Waals surface area contributed by atoms with Gasteiger partial charge in [0.1, 0.15) is 6.61 Å². The Hall–Kier alpha value is -1.30.